The van der Waals surface area contributed by atoms with E-state index < -0.39 is 0 Å². The quantitative estimate of drug-likeness (QED) is 0.827. The molecule has 1 fully saturated rings. The van der Waals surface area contributed by atoms with Crippen LogP contribution in [0.3, 0.4) is 0 Å². The van der Waals surface area contributed by atoms with Crippen LogP contribution in [0.1, 0.15) is 43.2 Å². The highest BCUT2D eigenvalue weighted by molar-refractivity contribution is 7.71. The van der Waals surface area contributed by atoms with Crippen LogP contribution in [0.4, 0.5) is 5.82 Å². The van der Waals surface area contributed by atoms with Gasteiger partial charge in [0.2, 0.25) is 0 Å². The summed E-state index contributed by atoms with van der Waals surface area (Å²) in [4.78, 5) is 21.8. The van der Waals surface area contributed by atoms with Crippen LogP contribution in [0.5, 0.6) is 0 Å². The number of aromatic nitrogens is 3. The normalized spacial score (nSPS) is 18.6. The number of nitrogens with zero attached hydrogens (tertiary/aromatic N) is 3. The van der Waals surface area contributed by atoms with E-state index in [4.69, 9.17) is 12.2 Å². The van der Waals surface area contributed by atoms with Gasteiger partial charge in [0.15, 0.2) is 4.77 Å². The van der Waals surface area contributed by atoms with Gasteiger partial charge in [-0.05, 0) is 42.8 Å². The number of aromatic amines is 1. The summed E-state index contributed by atoms with van der Waals surface area (Å²) < 4.78 is 2.44. The van der Waals surface area contributed by atoms with E-state index in [0.717, 1.165) is 23.6 Å². The van der Waals surface area contributed by atoms with Crippen LogP contribution in [0, 0.1) is 4.77 Å². The fourth-order valence-electron chi connectivity index (χ4n) is 3.92. The van der Waals surface area contributed by atoms with Crippen molar-refractivity contribution in [3.63, 3.8) is 0 Å². The predicted molar refractivity (Wildman–Crippen MR) is 100 cm³/mol. The highest BCUT2D eigenvalue weighted by Crippen LogP contribution is 2.27. The van der Waals surface area contributed by atoms with Gasteiger partial charge in [0, 0.05) is 25.0 Å². The number of anilines is 1. The van der Waals surface area contributed by atoms with Crippen molar-refractivity contribution in [3.8, 4) is 0 Å². The molecule has 0 atom stereocenters. The summed E-state index contributed by atoms with van der Waals surface area (Å²) in [5, 5.41) is 3.47. The molecule has 0 aromatic carbocycles. The second kappa shape index (κ2) is 7.09. The van der Waals surface area contributed by atoms with E-state index in [1.54, 1.807) is 12.4 Å². The minimum atomic E-state index is -0.0704. The summed E-state index contributed by atoms with van der Waals surface area (Å²) in [5.41, 5.74) is 1.83. The third kappa shape index (κ3) is 3.39. The van der Waals surface area contributed by atoms with Crippen LogP contribution in [0.25, 0.3) is 0 Å². The molecule has 2 aromatic rings. The van der Waals surface area contributed by atoms with Crippen molar-refractivity contribution >= 4 is 18.0 Å². The molecule has 132 valence electrons. The number of fused-ring (bicyclic) bond motifs is 1. The maximum atomic E-state index is 12.5. The first-order valence-electron chi connectivity index (χ1n) is 8.95. The number of hydrogen-bond acceptors (Lipinski definition) is 5. The molecule has 0 radical (unpaired) electrons. The number of hydrogen-bond donors (Lipinski definition) is 2. The molecule has 1 aliphatic heterocycles. The van der Waals surface area contributed by atoms with E-state index in [2.05, 4.69) is 20.2 Å². The Balaban J connectivity index is 1.65. The topological polar surface area (TPSA) is 66.0 Å². The van der Waals surface area contributed by atoms with Gasteiger partial charge < -0.3 is 9.88 Å². The van der Waals surface area contributed by atoms with E-state index >= 15 is 0 Å². The molecule has 3 heterocycles. The van der Waals surface area contributed by atoms with E-state index in [0.29, 0.717) is 23.9 Å². The van der Waals surface area contributed by atoms with Gasteiger partial charge in [-0.25, -0.2) is 0 Å². The van der Waals surface area contributed by atoms with Gasteiger partial charge in [0.1, 0.15) is 5.82 Å². The molecule has 2 N–H and O–H groups in total. The Labute approximate surface area is 151 Å². The van der Waals surface area contributed by atoms with Crippen LogP contribution in [-0.4, -0.2) is 32.1 Å². The molecule has 4 rings (SSSR count). The number of nitrogens with one attached hydrogen (secondary N) is 2. The molecular weight excluding hydrogens is 334 g/mol. The van der Waals surface area contributed by atoms with Crippen LogP contribution >= 0.6 is 12.2 Å². The lowest BCUT2D eigenvalue weighted by molar-refractivity contribution is 0.152. The van der Waals surface area contributed by atoms with Gasteiger partial charge in [-0.2, -0.15) is 0 Å². The summed E-state index contributed by atoms with van der Waals surface area (Å²) in [5.74, 6) is 0.859. The van der Waals surface area contributed by atoms with Crippen LogP contribution < -0.4 is 10.9 Å². The SMILES string of the molecule is O=c1[nH]c(=S)n(Cc2ccncc2)c2c1CN(C1CCCCC1)CN2. The van der Waals surface area contributed by atoms with Crippen LogP contribution in [0.15, 0.2) is 29.3 Å². The molecule has 2 aromatic heterocycles. The Morgan fingerprint density at radius 3 is 2.72 bits per heavy atom. The summed E-state index contributed by atoms with van der Waals surface area (Å²) in [6.07, 6.45) is 9.91. The van der Waals surface area contributed by atoms with E-state index in [9.17, 15) is 4.79 Å². The third-order valence-electron chi connectivity index (χ3n) is 5.29. The molecule has 6 nitrogen and oxygen atoms in total. The monoisotopic (exact) mass is 357 g/mol. The highest BCUT2D eigenvalue weighted by Gasteiger charge is 2.27. The van der Waals surface area contributed by atoms with Gasteiger partial charge in [0.05, 0.1) is 18.8 Å². The van der Waals surface area contributed by atoms with Gasteiger partial charge >= 0.3 is 0 Å². The molecule has 25 heavy (non-hydrogen) atoms. The lowest BCUT2D eigenvalue weighted by atomic mass is 9.94. The minimum absolute atomic E-state index is 0.0704. The predicted octanol–water partition coefficient (Wildman–Crippen LogP) is 2.87. The number of H-pyrrole nitrogens is 1. The van der Waals surface area contributed by atoms with Crippen molar-refractivity contribution in [2.75, 3.05) is 12.0 Å². The van der Waals surface area contributed by atoms with Gasteiger partial charge in [-0.3, -0.25) is 19.7 Å². The maximum Gasteiger partial charge on any atom is 0.258 e. The van der Waals surface area contributed by atoms with E-state index in [1.165, 1.54) is 32.1 Å². The first kappa shape index (κ1) is 16.5. The van der Waals surface area contributed by atoms with Crippen LogP contribution in [0.2, 0.25) is 0 Å². The molecule has 1 saturated carbocycles. The third-order valence-corrected chi connectivity index (χ3v) is 5.61. The van der Waals surface area contributed by atoms with Crippen molar-refractivity contribution in [2.24, 2.45) is 0 Å². The first-order valence-corrected chi connectivity index (χ1v) is 9.36. The Bertz CT molecular complexity index is 854. The van der Waals surface area contributed by atoms with Crippen molar-refractivity contribution in [2.45, 2.75) is 51.2 Å². The molecule has 7 heteroatoms. The average molecular weight is 357 g/mol. The van der Waals surface area contributed by atoms with Crippen molar-refractivity contribution in [3.05, 3.63) is 50.8 Å². The smallest absolute Gasteiger partial charge is 0.258 e. The van der Waals surface area contributed by atoms with E-state index in [-0.39, 0.29) is 5.56 Å². The summed E-state index contributed by atoms with van der Waals surface area (Å²) in [6, 6.07) is 4.51. The fourth-order valence-corrected chi connectivity index (χ4v) is 4.17. The molecule has 0 bridgehead atoms. The second-order valence-corrected chi connectivity index (χ2v) is 7.29. The van der Waals surface area contributed by atoms with Gasteiger partial charge in [0.25, 0.3) is 5.56 Å². The lowest BCUT2D eigenvalue weighted by Crippen LogP contribution is -2.45. The highest BCUT2D eigenvalue weighted by atomic mass is 32.1. The Morgan fingerprint density at radius 1 is 1.20 bits per heavy atom. The van der Waals surface area contributed by atoms with Crippen molar-refractivity contribution in [1.82, 2.24) is 19.4 Å². The lowest BCUT2D eigenvalue weighted by Gasteiger charge is -2.38. The van der Waals surface area contributed by atoms with Gasteiger partial charge in [-0.1, -0.05) is 19.3 Å². The zero-order valence-electron chi connectivity index (χ0n) is 14.2. The van der Waals surface area contributed by atoms with Crippen LogP contribution in [-0.2, 0) is 13.1 Å². The largest absolute Gasteiger partial charge is 0.358 e. The average Bonchev–Trinajstić information content (AvgIpc) is 2.66. The Morgan fingerprint density at radius 2 is 1.96 bits per heavy atom. The molecule has 0 spiro atoms. The summed E-state index contributed by atoms with van der Waals surface area (Å²) in [7, 11) is 0. The minimum Gasteiger partial charge on any atom is -0.358 e. The zero-order chi connectivity index (χ0) is 17.2. The van der Waals surface area contributed by atoms with Crippen molar-refractivity contribution in [1.29, 1.82) is 0 Å². The van der Waals surface area contributed by atoms with E-state index in [1.807, 2.05) is 16.7 Å². The molecule has 0 amide bonds. The van der Waals surface area contributed by atoms with Crippen molar-refractivity contribution < 1.29 is 0 Å². The van der Waals surface area contributed by atoms with Gasteiger partial charge in [-0.15, -0.1) is 0 Å². The standard InChI is InChI=1S/C18H23N5OS/c24-17-15-11-22(14-4-2-1-3-5-14)12-20-16(15)23(18(25)21-17)10-13-6-8-19-9-7-13/h6-9,14,20H,1-5,10-12H2,(H,21,24,25). The zero-order valence-corrected chi connectivity index (χ0v) is 15.0. The first-order chi connectivity index (χ1) is 12.2. The molecule has 1 aliphatic carbocycles. The summed E-state index contributed by atoms with van der Waals surface area (Å²) in [6.45, 7) is 2.08. The number of pyridine rings is 1. The Hall–Kier alpha value is -1.99. The molecular formula is C18H23N5OS. The molecule has 0 saturated heterocycles. The second-order valence-electron chi connectivity index (χ2n) is 6.90. The Kier molecular flexibility index (Phi) is 4.67. The fraction of sp³-hybridized carbons (Fsp3) is 0.500. The molecule has 2 aliphatic rings. The number of rotatable bonds is 3. The molecule has 0 unspecified atom stereocenters. The maximum absolute atomic E-state index is 12.5. The summed E-state index contributed by atoms with van der Waals surface area (Å²) >= 11 is 5.42.